The molecule has 3 aromatic rings. The Morgan fingerprint density at radius 3 is 1.92 bits per heavy atom. The summed E-state index contributed by atoms with van der Waals surface area (Å²) in [7, 11) is 3.13. The zero-order valence-corrected chi connectivity index (χ0v) is 29.0. The van der Waals surface area contributed by atoms with Gasteiger partial charge < -0.3 is 34.5 Å². The van der Waals surface area contributed by atoms with E-state index >= 15 is 0 Å². The van der Waals surface area contributed by atoms with E-state index in [1.807, 2.05) is 68.2 Å². The number of unbranched alkanes of at least 4 members (excludes halogenated alkanes) is 2. The van der Waals surface area contributed by atoms with Crippen LogP contribution in [0.1, 0.15) is 65.3 Å². The number of anilines is 1. The van der Waals surface area contributed by atoms with E-state index in [1.165, 1.54) is 0 Å². The SMILES string of the molecule is C/C=C/C1=CN2C(=O)c3cc(OC)c(OCCCCCOc4cc5c(cc4OC)C(=O)N4C=C(c6cccc(N)c6)C[C@H]4C=N5)cc3N=C[C@@H]2C1. The van der Waals surface area contributed by atoms with Crippen LogP contribution in [-0.2, 0) is 0 Å². The molecule has 262 valence electrons. The molecule has 0 aliphatic carbocycles. The second-order valence-corrected chi connectivity index (χ2v) is 12.8. The van der Waals surface area contributed by atoms with Gasteiger partial charge >= 0.3 is 0 Å². The molecule has 2 amide bonds. The highest BCUT2D eigenvalue weighted by Gasteiger charge is 2.34. The summed E-state index contributed by atoms with van der Waals surface area (Å²) in [6.07, 6.45) is 15.2. The average molecular weight is 688 g/mol. The summed E-state index contributed by atoms with van der Waals surface area (Å²) in [5.41, 5.74) is 11.9. The zero-order valence-electron chi connectivity index (χ0n) is 29.0. The molecule has 0 saturated carbocycles. The molecule has 4 heterocycles. The lowest BCUT2D eigenvalue weighted by Gasteiger charge is -2.19. The third-order valence-electron chi connectivity index (χ3n) is 9.40. The number of nitrogen functional groups attached to an aromatic ring is 1. The number of rotatable bonds is 12. The highest BCUT2D eigenvalue weighted by atomic mass is 16.5. The molecule has 11 nitrogen and oxygen atoms in total. The minimum Gasteiger partial charge on any atom is -0.493 e. The Kier molecular flexibility index (Phi) is 9.61. The molecule has 3 aromatic carbocycles. The molecule has 0 saturated heterocycles. The maximum absolute atomic E-state index is 13.7. The minimum atomic E-state index is -0.188. The van der Waals surface area contributed by atoms with Crippen LogP contribution >= 0.6 is 0 Å². The molecular weight excluding hydrogens is 646 g/mol. The number of carbonyl (C=O) groups is 2. The van der Waals surface area contributed by atoms with Gasteiger partial charge in [0.15, 0.2) is 23.0 Å². The van der Waals surface area contributed by atoms with Gasteiger partial charge in [0.2, 0.25) is 0 Å². The van der Waals surface area contributed by atoms with Gasteiger partial charge in [-0.05, 0) is 73.6 Å². The fourth-order valence-electron chi connectivity index (χ4n) is 6.79. The fourth-order valence-corrected chi connectivity index (χ4v) is 6.79. The second-order valence-electron chi connectivity index (χ2n) is 12.8. The van der Waals surface area contributed by atoms with Crippen LogP contribution in [0.15, 0.2) is 88.6 Å². The van der Waals surface area contributed by atoms with E-state index in [1.54, 1.807) is 48.3 Å². The number of hydrogen-bond donors (Lipinski definition) is 1. The second kappa shape index (κ2) is 14.6. The first-order valence-electron chi connectivity index (χ1n) is 17.2. The largest absolute Gasteiger partial charge is 0.493 e. The zero-order chi connectivity index (χ0) is 35.5. The molecule has 0 spiro atoms. The van der Waals surface area contributed by atoms with Crippen LogP contribution in [0.25, 0.3) is 5.57 Å². The summed E-state index contributed by atoms with van der Waals surface area (Å²) in [6.45, 7) is 2.88. The molecule has 0 unspecified atom stereocenters. The molecule has 2 N–H and O–H groups in total. The molecule has 0 bridgehead atoms. The number of ether oxygens (including phenoxy) is 4. The topological polar surface area (TPSA) is 128 Å². The van der Waals surface area contributed by atoms with Gasteiger partial charge in [0.05, 0.1) is 62.0 Å². The number of methoxy groups -OCH3 is 2. The predicted molar refractivity (Wildman–Crippen MR) is 198 cm³/mol. The molecule has 4 aliphatic rings. The van der Waals surface area contributed by atoms with Gasteiger partial charge in [-0.3, -0.25) is 19.6 Å². The third kappa shape index (κ3) is 6.84. The lowest BCUT2D eigenvalue weighted by atomic mass is 10.0. The Morgan fingerprint density at radius 1 is 0.765 bits per heavy atom. The van der Waals surface area contributed by atoms with Gasteiger partial charge in [0.1, 0.15) is 0 Å². The Bertz CT molecular complexity index is 2010. The third-order valence-corrected chi connectivity index (χ3v) is 9.40. The maximum atomic E-state index is 13.7. The highest BCUT2D eigenvalue weighted by Crippen LogP contribution is 2.41. The quantitative estimate of drug-likeness (QED) is 0.157. The van der Waals surface area contributed by atoms with Gasteiger partial charge in [0.25, 0.3) is 11.8 Å². The minimum absolute atomic E-state index is 0.109. The van der Waals surface area contributed by atoms with Crippen molar-refractivity contribution in [3.63, 3.8) is 0 Å². The molecule has 0 radical (unpaired) electrons. The summed E-state index contributed by atoms with van der Waals surface area (Å²) >= 11 is 0. The Morgan fingerprint density at radius 2 is 1.35 bits per heavy atom. The van der Waals surface area contributed by atoms with Crippen molar-refractivity contribution < 1.29 is 28.5 Å². The average Bonchev–Trinajstić information content (AvgIpc) is 3.70. The van der Waals surface area contributed by atoms with Crippen molar-refractivity contribution in [3.05, 3.63) is 95.3 Å². The van der Waals surface area contributed by atoms with Crippen molar-refractivity contribution in [2.24, 2.45) is 9.98 Å². The van der Waals surface area contributed by atoms with Crippen molar-refractivity contribution in [1.82, 2.24) is 9.80 Å². The lowest BCUT2D eigenvalue weighted by molar-refractivity contribution is 0.0809. The number of hydrogen-bond acceptors (Lipinski definition) is 9. The lowest BCUT2D eigenvalue weighted by Crippen LogP contribution is -2.32. The van der Waals surface area contributed by atoms with Crippen molar-refractivity contribution in [2.45, 2.75) is 51.1 Å². The van der Waals surface area contributed by atoms with Crippen LogP contribution in [0.5, 0.6) is 23.0 Å². The number of benzene rings is 3. The summed E-state index contributed by atoms with van der Waals surface area (Å²) in [5.74, 6) is 1.80. The molecule has 2 atom stereocenters. The Labute approximate surface area is 297 Å². The molecule has 51 heavy (non-hydrogen) atoms. The first kappa shape index (κ1) is 33.6. The van der Waals surface area contributed by atoms with Gasteiger partial charge in [-0.2, -0.15) is 0 Å². The molecular formula is C40H41N5O6. The standard InChI is InChI=1S/C40H41N5O6/c1-4-9-25-14-29-21-42-33-19-37(35(48-2)17-31(33)39(46)44(29)23-25)50-12-6-5-7-13-51-38-20-34-32(18-36(38)49-3)40(47)45-24-27(16-30(45)22-43-34)26-10-8-11-28(41)15-26/h4,8-11,15,17-24,29-30H,5-7,12-14,16,41H2,1-3H3/b9-4+/t29-,30-/m0/s1. The van der Waals surface area contributed by atoms with Gasteiger partial charge in [-0.25, -0.2) is 0 Å². The number of fused-ring (bicyclic) bond motifs is 4. The predicted octanol–water partition coefficient (Wildman–Crippen LogP) is 7.28. The monoisotopic (exact) mass is 687 g/mol. The van der Waals surface area contributed by atoms with Crippen molar-refractivity contribution in [2.75, 3.05) is 33.2 Å². The maximum Gasteiger partial charge on any atom is 0.260 e. The van der Waals surface area contributed by atoms with E-state index in [4.69, 9.17) is 29.7 Å². The molecule has 7 rings (SSSR count). The van der Waals surface area contributed by atoms with Gasteiger partial charge in [-0.1, -0.05) is 24.3 Å². The normalized spacial score (nSPS) is 18.8. The van der Waals surface area contributed by atoms with E-state index in [9.17, 15) is 9.59 Å². The summed E-state index contributed by atoms with van der Waals surface area (Å²) < 4.78 is 23.4. The Hall–Kier alpha value is -5.84. The molecule has 11 heteroatoms. The van der Waals surface area contributed by atoms with Crippen LogP contribution in [0.4, 0.5) is 17.1 Å². The highest BCUT2D eigenvalue weighted by molar-refractivity contribution is 6.06. The van der Waals surface area contributed by atoms with Crippen molar-refractivity contribution in [1.29, 1.82) is 0 Å². The molecule has 0 fully saturated rings. The van der Waals surface area contributed by atoms with E-state index in [-0.39, 0.29) is 23.9 Å². The van der Waals surface area contributed by atoms with E-state index in [0.29, 0.717) is 70.8 Å². The summed E-state index contributed by atoms with van der Waals surface area (Å²) in [4.78, 5) is 39.8. The van der Waals surface area contributed by atoms with E-state index in [0.717, 1.165) is 42.4 Å². The number of aliphatic imine (C=N–C) groups is 2. The number of carbonyl (C=O) groups excluding carboxylic acids is 2. The number of nitrogens with zero attached hydrogens (tertiary/aromatic N) is 4. The summed E-state index contributed by atoms with van der Waals surface area (Å²) in [6, 6.07) is 14.3. The number of nitrogens with two attached hydrogens (primary N) is 1. The van der Waals surface area contributed by atoms with Crippen molar-refractivity contribution in [3.8, 4) is 23.0 Å². The van der Waals surface area contributed by atoms with Crippen LogP contribution in [0, 0.1) is 0 Å². The molecule has 0 aromatic heterocycles. The van der Waals surface area contributed by atoms with Crippen LogP contribution < -0.4 is 24.7 Å². The Balaban J connectivity index is 0.931. The molecule has 4 aliphatic heterocycles. The van der Waals surface area contributed by atoms with Gasteiger partial charge in [-0.15, -0.1) is 0 Å². The van der Waals surface area contributed by atoms with E-state index < -0.39 is 0 Å². The summed E-state index contributed by atoms with van der Waals surface area (Å²) in [5, 5.41) is 0. The first-order valence-corrected chi connectivity index (χ1v) is 17.2. The van der Waals surface area contributed by atoms with Crippen LogP contribution in [0.2, 0.25) is 0 Å². The van der Waals surface area contributed by atoms with Gasteiger partial charge in [0, 0.05) is 49.1 Å². The van der Waals surface area contributed by atoms with Crippen molar-refractivity contribution >= 4 is 46.9 Å². The van der Waals surface area contributed by atoms with Crippen LogP contribution in [-0.4, -0.2) is 73.6 Å². The number of amides is 2. The number of allylic oxidation sites excluding steroid dienone is 2. The van der Waals surface area contributed by atoms with Crippen LogP contribution in [0.3, 0.4) is 0 Å². The first-order chi connectivity index (χ1) is 24.9. The smallest absolute Gasteiger partial charge is 0.260 e. The van der Waals surface area contributed by atoms with E-state index in [2.05, 4.69) is 4.99 Å². The fraction of sp³-hybridized carbons (Fsp3) is 0.300.